The van der Waals surface area contributed by atoms with Crippen molar-refractivity contribution in [3.8, 4) is 0 Å². The third kappa shape index (κ3) is 2.40. The van der Waals surface area contributed by atoms with E-state index < -0.39 is 12.1 Å². The van der Waals surface area contributed by atoms with Gasteiger partial charge in [0.15, 0.2) is 0 Å². The normalized spacial score (nSPS) is 23.8. The zero-order valence-corrected chi connectivity index (χ0v) is 10.8. The Bertz CT molecular complexity index is 445. The largest absolute Gasteiger partial charge is 0.390 e. The molecule has 4 N–H and O–H groups in total. The first-order valence-corrected chi connectivity index (χ1v) is 6.32. The van der Waals surface area contributed by atoms with Crippen molar-refractivity contribution in [1.29, 1.82) is 0 Å². The van der Waals surface area contributed by atoms with Crippen LogP contribution >= 0.6 is 0 Å². The predicted molar refractivity (Wildman–Crippen MR) is 69.8 cm³/mol. The smallest absolute Gasteiger partial charge is 0.237 e. The van der Waals surface area contributed by atoms with Crippen LogP contribution in [0.1, 0.15) is 31.0 Å². The number of rotatable bonds is 3. The van der Waals surface area contributed by atoms with Crippen LogP contribution in [0.15, 0.2) is 24.3 Å². The Morgan fingerprint density at radius 1 is 1.44 bits per heavy atom. The molecule has 4 nitrogen and oxygen atoms in total. The van der Waals surface area contributed by atoms with E-state index in [0.717, 1.165) is 11.1 Å². The molecule has 0 aromatic heterocycles. The topological polar surface area (TPSA) is 75.4 Å². The second-order valence-corrected chi connectivity index (χ2v) is 5.23. The molecule has 4 heteroatoms. The number of aliphatic hydroxyl groups excluding tert-OH is 1. The van der Waals surface area contributed by atoms with Crippen LogP contribution in [-0.4, -0.2) is 23.2 Å². The van der Waals surface area contributed by atoms with Crippen molar-refractivity contribution in [3.63, 3.8) is 0 Å². The molecule has 0 radical (unpaired) electrons. The molecule has 98 valence electrons. The van der Waals surface area contributed by atoms with Gasteiger partial charge in [0, 0.05) is 6.42 Å². The van der Waals surface area contributed by atoms with E-state index in [1.54, 1.807) is 0 Å². The summed E-state index contributed by atoms with van der Waals surface area (Å²) < 4.78 is 0. The Kier molecular flexibility index (Phi) is 3.68. The van der Waals surface area contributed by atoms with E-state index in [0.29, 0.717) is 6.42 Å². The fourth-order valence-corrected chi connectivity index (χ4v) is 2.30. The molecular weight excluding hydrogens is 228 g/mol. The van der Waals surface area contributed by atoms with Gasteiger partial charge in [0.25, 0.3) is 0 Å². The number of fused-ring (bicyclic) bond motifs is 1. The maximum absolute atomic E-state index is 11.9. The predicted octanol–water partition coefficient (Wildman–Crippen LogP) is 0.744. The molecule has 3 atom stereocenters. The fraction of sp³-hybridized carbons (Fsp3) is 0.500. The number of hydrogen-bond acceptors (Lipinski definition) is 3. The lowest BCUT2D eigenvalue weighted by molar-refractivity contribution is -0.124. The molecular formula is C14H20N2O2. The molecule has 0 spiro atoms. The van der Waals surface area contributed by atoms with E-state index in [-0.39, 0.29) is 17.9 Å². The second kappa shape index (κ2) is 5.08. The highest BCUT2D eigenvalue weighted by Gasteiger charge is 2.33. The van der Waals surface area contributed by atoms with Crippen molar-refractivity contribution in [2.45, 2.75) is 38.5 Å². The molecule has 18 heavy (non-hydrogen) atoms. The summed E-state index contributed by atoms with van der Waals surface area (Å²) in [5.41, 5.74) is 7.90. The van der Waals surface area contributed by atoms with Crippen molar-refractivity contribution in [2.75, 3.05) is 0 Å². The fourth-order valence-electron chi connectivity index (χ4n) is 2.30. The average molecular weight is 248 g/mol. The minimum Gasteiger partial charge on any atom is -0.390 e. The molecule has 1 aliphatic carbocycles. The van der Waals surface area contributed by atoms with E-state index in [9.17, 15) is 9.90 Å². The zero-order valence-electron chi connectivity index (χ0n) is 10.8. The van der Waals surface area contributed by atoms with Crippen molar-refractivity contribution in [3.05, 3.63) is 35.4 Å². The minimum atomic E-state index is -0.564. The summed E-state index contributed by atoms with van der Waals surface area (Å²) in [7, 11) is 0. The second-order valence-electron chi connectivity index (χ2n) is 5.23. The van der Waals surface area contributed by atoms with Crippen LogP contribution in [0.25, 0.3) is 0 Å². The maximum atomic E-state index is 11.9. The summed E-state index contributed by atoms with van der Waals surface area (Å²) in [6.45, 7) is 3.81. The highest BCUT2D eigenvalue weighted by Crippen LogP contribution is 2.31. The number of carbonyl (C=O) groups is 1. The van der Waals surface area contributed by atoms with E-state index in [2.05, 4.69) is 5.32 Å². The number of nitrogens with one attached hydrogen (secondary N) is 1. The molecule has 0 fully saturated rings. The first kappa shape index (κ1) is 13.1. The summed E-state index contributed by atoms with van der Waals surface area (Å²) >= 11 is 0. The highest BCUT2D eigenvalue weighted by molar-refractivity contribution is 5.82. The Morgan fingerprint density at radius 3 is 2.78 bits per heavy atom. The molecule has 0 aliphatic heterocycles. The summed E-state index contributed by atoms with van der Waals surface area (Å²) in [5, 5.41) is 12.9. The van der Waals surface area contributed by atoms with E-state index in [1.165, 1.54) is 0 Å². The monoisotopic (exact) mass is 248 g/mol. The van der Waals surface area contributed by atoms with Crippen LogP contribution in [0.4, 0.5) is 0 Å². The summed E-state index contributed by atoms with van der Waals surface area (Å²) in [6, 6.07) is 6.90. The number of carbonyl (C=O) groups excluding carboxylic acids is 1. The number of benzene rings is 1. The molecule has 0 heterocycles. The molecule has 2 rings (SSSR count). The molecule has 0 unspecified atom stereocenters. The molecule has 0 saturated heterocycles. The van der Waals surface area contributed by atoms with Crippen LogP contribution in [0.2, 0.25) is 0 Å². The molecule has 1 amide bonds. The summed E-state index contributed by atoms with van der Waals surface area (Å²) in [5.74, 6) is -0.121. The summed E-state index contributed by atoms with van der Waals surface area (Å²) in [6.07, 6.45) is 0.0172. The van der Waals surface area contributed by atoms with Gasteiger partial charge in [-0.3, -0.25) is 4.79 Å². The maximum Gasteiger partial charge on any atom is 0.237 e. The van der Waals surface area contributed by atoms with Crippen LogP contribution in [0.5, 0.6) is 0 Å². The minimum absolute atomic E-state index is 0.0822. The zero-order chi connectivity index (χ0) is 13.3. The van der Waals surface area contributed by atoms with Crippen molar-refractivity contribution in [1.82, 2.24) is 5.32 Å². The first-order chi connectivity index (χ1) is 8.50. The lowest BCUT2D eigenvalue weighted by Gasteiger charge is -2.22. The van der Waals surface area contributed by atoms with Gasteiger partial charge in [-0.15, -0.1) is 0 Å². The van der Waals surface area contributed by atoms with Crippen LogP contribution in [0.3, 0.4) is 0 Å². The number of hydrogen-bond donors (Lipinski definition) is 3. The van der Waals surface area contributed by atoms with Gasteiger partial charge >= 0.3 is 0 Å². The molecule has 0 saturated carbocycles. The quantitative estimate of drug-likeness (QED) is 0.738. The third-order valence-corrected chi connectivity index (χ3v) is 3.52. The Morgan fingerprint density at radius 2 is 2.11 bits per heavy atom. The van der Waals surface area contributed by atoms with Gasteiger partial charge in [-0.1, -0.05) is 38.1 Å². The SMILES string of the molecule is CC(C)[C@H](N)C(=O)N[C@@H]1c2ccccc2C[C@@H]1O. The van der Waals surface area contributed by atoms with Gasteiger partial charge in [-0.05, 0) is 17.0 Å². The lowest BCUT2D eigenvalue weighted by Crippen LogP contribution is -2.46. The molecule has 1 aromatic rings. The van der Waals surface area contributed by atoms with E-state index >= 15 is 0 Å². The van der Waals surface area contributed by atoms with Gasteiger partial charge in [0.2, 0.25) is 5.91 Å². The van der Waals surface area contributed by atoms with Crippen molar-refractivity contribution in [2.24, 2.45) is 11.7 Å². The molecule has 0 bridgehead atoms. The highest BCUT2D eigenvalue weighted by atomic mass is 16.3. The van der Waals surface area contributed by atoms with Crippen LogP contribution in [-0.2, 0) is 11.2 Å². The third-order valence-electron chi connectivity index (χ3n) is 3.52. The van der Waals surface area contributed by atoms with Crippen molar-refractivity contribution >= 4 is 5.91 Å². The van der Waals surface area contributed by atoms with Gasteiger partial charge in [-0.2, -0.15) is 0 Å². The van der Waals surface area contributed by atoms with Gasteiger partial charge < -0.3 is 16.2 Å². The molecule has 1 aliphatic rings. The van der Waals surface area contributed by atoms with Crippen LogP contribution in [0, 0.1) is 5.92 Å². The number of amides is 1. The van der Waals surface area contributed by atoms with Gasteiger partial charge in [0.1, 0.15) is 0 Å². The molecule has 1 aromatic carbocycles. The van der Waals surface area contributed by atoms with Gasteiger partial charge in [0.05, 0.1) is 18.2 Å². The van der Waals surface area contributed by atoms with E-state index in [1.807, 2.05) is 38.1 Å². The number of aliphatic hydroxyl groups is 1. The van der Waals surface area contributed by atoms with Crippen molar-refractivity contribution < 1.29 is 9.90 Å². The Balaban J connectivity index is 2.13. The Hall–Kier alpha value is -1.39. The van der Waals surface area contributed by atoms with E-state index in [4.69, 9.17) is 5.73 Å². The number of nitrogens with two attached hydrogens (primary N) is 1. The standard InChI is InChI=1S/C14H20N2O2/c1-8(2)12(15)14(18)16-13-10-6-4-3-5-9(10)7-11(13)17/h3-6,8,11-13,17H,7,15H2,1-2H3,(H,16,18)/t11-,12-,13+/m0/s1. The Labute approximate surface area is 107 Å². The first-order valence-electron chi connectivity index (χ1n) is 6.32. The van der Waals surface area contributed by atoms with Crippen LogP contribution < -0.4 is 11.1 Å². The lowest BCUT2D eigenvalue weighted by atomic mass is 10.0. The van der Waals surface area contributed by atoms with Gasteiger partial charge in [-0.25, -0.2) is 0 Å². The summed E-state index contributed by atoms with van der Waals surface area (Å²) in [4.78, 5) is 11.9. The average Bonchev–Trinajstić information content (AvgIpc) is 2.65.